The molecule has 2 nitrogen and oxygen atoms in total. The maximum absolute atomic E-state index is 13.7. The van der Waals surface area contributed by atoms with Gasteiger partial charge in [0.25, 0.3) is 0 Å². The summed E-state index contributed by atoms with van der Waals surface area (Å²) in [6.07, 6.45) is 1.32. The Labute approximate surface area is 111 Å². The number of hydrogen-bond donors (Lipinski definition) is 0. The summed E-state index contributed by atoms with van der Waals surface area (Å²) < 4.78 is 27.3. The second-order valence-electron chi connectivity index (χ2n) is 5.58. The lowest BCUT2D eigenvalue weighted by molar-refractivity contribution is -0.144. The quantitative estimate of drug-likeness (QED) is 0.819. The van der Waals surface area contributed by atoms with Crippen LogP contribution in [0.25, 0.3) is 0 Å². The maximum Gasteiger partial charge on any atom is 0.306 e. The van der Waals surface area contributed by atoms with Crippen LogP contribution in [0.15, 0.2) is 30.3 Å². The molecule has 0 saturated carbocycles. The van der Waals surface area contributed by atoms with E-state index < -0.39 is 11.7 Å². The number of halogens is 2. The summed E-state index contributed by atoms with van der Waals surface area (Å²) in [6, 6.07) is 9.69. The highest BCUT2D eigenvalue weighted by Crippen LogP contribution is 2.40. The Morgan fingerprint density at radius 2 is 1.84 bits per heavy atom. The molecule has 0 aromatic heterocycles. The average molecular weight is 265 g/mol. The first-order valence-corrected chi connectivity index (χ1v) is 6.77. The third-order valence-electron chi connectivity index (χ3n) is 4.30. The van der Waals surface area contributed by atoms with E-state index in [1.165, 1.54) is 0 Å². The van der Waals surface area contributed by atoms with Gasteiger partial charge in [-0.2, -0.15) is 8.78 Å². The summed E-state index contributed by atoms with van der Waals surface area (Å²) in [5, 5.41) is 0. The molecular formula is C15H17F2NO. The summed E-state index contributed by atoms with van der Waals surface area (Å²) in [6.45, 7) is 0.666. The van der Waals surface area contributed by atoms with Crippen LogP contribution in [0.5, 0.6) is 0 Å². The Morgan fingerprint density at radius 1 is 1.16 bits per heavy atom. The van der Waals surface area contributed by atoms with Crippen LogP contribution in [0.2, 0.25) is 0 Å². The first-order chi connectivity index (χ1) is 9.06. The van der Waals surface area contributed by atoms with Crippen molar-refractivity contribution in [2.45, 2.75) is 50.2 Å². The molecule has 0 radical (unpaired) electrons. The van der Waals surface area contributed by atoms with Gasteiger partial charge in [-0.3, -0.25) is 9.69 Å². The van der Waals surface area contributed by atoms with Crippen molar-refractivity contribution in [3.63, 3.8) is 0 Å². The van der Waals surface area contributed by atoms with Gasteiger partial charge >= 0.3 is 5.92 Å². The van der Waals surface area contributed by atoms with Crippen molar-refractivity contribution in [1.29, 1.82) is 0 Å². The predicted molar refractivity (Wildman–Crippen MR) is 68.0 cm³/mol. The van der Waals surface area contributed by atoms with Gasteiger partial charge in [-0.1, -0.05) is 30.3 Å². The van der Waals surface area contributed by atoms with E-state index >= 15 is 0 Å². The SMILES string of the molecule is O=C1CC2CCC(CC1(F)F)N2Cc1ccccc1. The molecule has 3 rings (SSSR count). The van der Waals surface area contributed by atoms with Gasteiger partial charge in [0.1, 0.15) is 0 Å². The van der Waals surface area contributed by atoms with E-state index in [0.717, 1.165) is 18.4 Å². The van der Waals surface area contributed by atoms with Crippen LogP contribution in [0.1, 0.15) is 31.2 Å². The molecule has 102 valence electrons. The molecule has 19 heavy (non-hydrogen) atoms. The number of carbonyl (C=O) groups is 1. The molecule has 2 aliphatic heterocycles. The zero-order valence-corrected chi connectivity index (χ0v) is 10.7. The van der Waals surface area contributed by atoms with Crippen LogP contribution in [-0.4, -0.2) is 28.7 Å². The van der Waals surface area contributed by atoms with Crippen molar-refractivity contribution in [3.05, 3.63) is 35.9 Å². The number of hydrogen-bond acceptors (Lipinski definition) is 2. The van der Waals surface area contributed by atoms with Crippen LogP contribution in [-0.2, 0) is 11.3 Å². The Balaban J connectivity index is 1.81. The molecular weight excluding hydrogens is 248 g/mol. The largest absolute Gasteiger partial charge is 0.306 e. The van der Waals surface area contributed by atoms with Crippen LogP contribution < -0.4 is 0 Å². The van der Waals surface area contributed by atoms with Crippen molar-refractivity contribution < 1.29 is 13.6 Å². The van der Waals surface area contributed by atoms with Gasteiger partial charge in [0.15, 0.2) is 0 Å². The molecule has 2 atom stereocenters. The molecule has 2 unspecified atom stereocenters. The summed E-state index contributed by atoms with van der Waals surface area (Å²) in [5.41, 5.74) is 1.12. The Bertz CT molecular complexity index is 474. The molecule has 2 saturated heterocycles. The number of Topliss-reactive ketones (excluding diaryl/α,β-unsaturated/α-hetero) is 1. The highest BCUT2D eigenvalue weighted by atomic mass is 19.3. The van der Waals surface area contributed by atoms with Crippen LogP contribution in [0.3, 0.4) is 0 Å². The maximum atomic E-state index is 13.7. The molecule has 1 aromatic carbocycles. The van der Waals surface area contributed by atoms with Gasteiger partial charge < -0.3 is 0 Å². The number of carbonyl (C=O) groups excluding carboxylic acids is 1. The molecule has 0 N–H and O–H groups in total. The summed E-state index contributed by atoms with van der Waals surface area (Å²) in [4.78, 5) is 13.7. The van der Waals surface area contributed by atoms with E-state index in [4.69, 9.17) is 0 Å². The molecule has 0 amide bonds. The first-order valence-electron chi connectivity index (χ1n) is 6.77. The van der Waals surface area contributed by atoms with Crippen molar-refractivity contribution in [3.8, 4) is 0 Å². The molecule has 2 fully saturated rings. The number of ketones is 1. The van der Waals surface area contributed by atoms with Gasteiger partial charge in [-0.15, -0.1) is 0 Å². The molecule has 1 aromatic rings. The number of nitrogens with zero attached hydrogens (tertiary/aromatic N) is 1. The van der Waals surface area contributed by atoms with Crippen LogP contribution >= 0.6 is 0 Å². The summed E-state index contributed by atoms with van der Waals surface area (Å²) in [5.74, 6) is -4.01. The highest BCUT2D eigenvalue weighted by molar-refractivity contribution is 5.86. The Morgan fingerprint density at radius 3 is 2.58 bits per heavy atom. The minimum Gasteiger partial charge on any atom is -0.293 e. The van der Waals surface area contributed by atoms with Crippen molar-refractivity contribution in [1.82, 2.24) is 4.90 Å². The van der Waals surface area contributed by atoms with Gasteiger partial charge in [0.05, 0.1) is 0 Å². The molecule has 0 spiro atoms. The van der Waals surface area contributed by atoms with Crippen molar-refractivity contribution in [2.75, 3.05) is 0 Å². The van der Waals surface area contributed by atoms with E-state index in [2.05, 4.69) is 4.90 Å². The molecule has 2 bridgehead atoms. The summed E-state index contributed by atoms with van der Waals surface area (Å²) in [7, 11) is 0. The predicted octanol–water partition coefficient (Wildman–Crippen LogP) is 3.02. The fourth-order valence-corrected chi connectivity index (χ4v) is 3.28. The summed E-state index contributed by atoms with van der Waals surface area (Å²) >= 11 is 0. The second kappa shape index (κ2) is 4.67. The van der Waals surface area contributed by atoms with Crippen molar-refractivity contribution >= 4 is 5.78 Å². The van der Waals surface area contributed by atoms with E-state index in [1.807, 2.05) is 30.3 Å². The van der Waals surface area contributed by atoms with Gasteiger partial charge in [0, 0.05) is 31.5 Å². The normalized spacial score (nSPS) is 30.3. The molecule has 0 aliphatic carbocycles. The lowest BCUT2D eigenvalue weighted by Crippen LogP contribution is -2.35. The number of fused-ring (bicyclic) bond motifs is 2. The fraction of sp³-hybridized carbons (Fsp3) is 0.533. The molecule has 4 heteroatoms. The van der Waals surface area contributed by atoms with Gasteiger partial charge in [-0.05, 0) is 18.4 Å². The lowest BCUT2D eigenvalue weighted by atomic mass is 9.97. The zero-order valence-electron chi connectivity index (χ0n) is 10.7. The minimum absolute atomic E-state index is 0.00364. The highest BCUT2D eigenvalue weighted by Gasteiger charge is 2.50. The third kappa shape index (κ3) is 2.41. The smallest absolute Gasteiger partial charge is 0.293 e. The molecule has 2 aliphatic rings. The van der Waals surface area contributed by atoms with E-state index in [9.17, 15) is 13.6 Å². The number of alkyl halides is 2. The third-order valence-corrected chi connectivity index (χ3v) is 4.30. The van der Waals surface area contributed by atoms with E-state index in [1.54, 1.807) is 0 Å². The monoisotopic (exact) mass is 265 g/mol. The van der Waals surface area contributed by atoms with Crippen molar-refractivity contribution in [2.24, 2.45) is 0 Å². The lowest BCUT2D eigenvalue weighted by Gasteiger charge is -2.27. The minimum atomic E-state index is -3.13. The fourth-order valence-electron chi connectivity index (χ4n) is 3.28. The average Bonchev–Trinajstić information content (AvgIpc) is 2.69. The Kier molecular flexibility index (Phi) is 3.13. The number of rotatable bonds is 2. The van der Waals surface area contributed by atoms with Crippen LogP contribution in [0.4, 0.5) is 8.78 Å². The van der Waals surface area contributed by atoms with E-state index in [0.29, 0.717) is 6.54 Å². The van der Waals surface area contributed by atoms with Crippen LogP contribution in [0, 0.1) is 0 Å². The topological polar surface area (TPSA) is 20.3 Å². The second-order valence-corrected chi connectivity index (χ2v) is 5.58. The molecule has 2 heterocycles. The van der Waals surface area contributed by atoms with Gasteiger partial charge in [0.2, 0.25) is 5.78 Å². The Hall–Kier alpha value is -1.29. The number of benzene rings is 1. The first kappa shape index (κ1) is 12.7. The van der Waals surface area contributed by atoms with Gasteiger partial charge in [-0.25, -0.2) is 0 Å². The zero-order chi connectivity index (χ0) is 13.5. The standard InChI is InChI=1S/C15H17F2NO/c16-15(17)9-13-7-6-12(8-14(15)19)18(13)10-11-4-2-1-3-5-11/h1-5,12-13H,6-10H2. The van der Waals surface area contributed by atoms with E-state index in [-0.39, 0.29) is 24.9 Å².